The van der Waals surface area contributed by atoms with Crippen molar-refractivity contribution in [3.8, 4) is 0 Å². The highest BCUT2D eigenvalue weighted by Gasteiger charge is 2.12. The van der Waals surface area contributed by atoms with E-state index in [1.807, 2.05) is 14.1 Å². The number of hydrogen-bond donors (Lipinski definition) is 0. The van der Waals surface area contributed by atoms with Gasteiger partial charge in [-0.05, 0) is 23.8 Å². The number of benzene rings is 1. The van der Waals surface area contributed by atoms with Crippen LogP contribution in [0.4, 0.5) is 5.69 Å². The second kappa shape index (κ2) is 7.72. The molecule has 0 N–H and O–H groups in total. The molecule has 1 aromatic carbocycles. The Labute approximate surface area is 155 Å². The van der Waals surface area contributed by atoms with E-state index < -0.39 is 11.2 Å². The lowest BCUT2D eigenvalue weighted by atomic mass is 10.2. The van der Waals surface area contributed by atoms with Gasteiger partial charge >= 0.3 is 5.69 Å². The van der Waals surface area contributed by atoms with Gasteiger partial charge in [0.1, 0.15) is 0 Å². The monoisotopic (exact) mass is 380 g/mol. The molecule has 6 nitrogen and oxygen atoms in total. The van der Waals surface area contributed by atoms with Gasteiger partial charge in [-0.1, -0.05) is 29.3 Å². The normalized spacial score (nSPS) is 11.6. The molecule has 0 aliphatic heterocycles. The Morgan fingerprint density at radius 2 is 1.76 bits per heavy atom. The Morgan fingerprint density at radius 3 is 2.36 bits per heavy atom. The fourth-order valence-corrected chi connectivity index (χ4v) is 2.41. The molecule has 0 atom stereocenters. The Kier molecular flexibility index (Phi) is 5.87. The standard InChI is InChI=1S/C17H18Cl2N4O2/c1-21(2)8-7-14-15(16(24)23(4)17(25)22(14)3)20-10-11-5-6-12(18)13(19)9-11/h5-10H,1-4H3/b8-7+,20-10?. The SMILES string of the molecule is CN(C)/C=C/c1c(N=Cc2ccc(Cl)c(Cl)c2)c(=O)n(C)c(=O)n1C. The minimum Gasteiger partial charge on any atom is -0.383 e. The zero-order valence-electron chi connectivity index (χ0n) is 14.3. The summed E-state index contributed by atoms with van der Waals surface area (Å²) in [6, 6.07) is 5.03. The van der Waals surface area contributed by atoms with Crippen molar-refractivity contribution in [1.82, 2.24) is 14.0 Å². The first-order valence-electron chi connectivity index (χ1n) is 7.36. The Balaban J connectivity index is 2.62. The summed E-state index contributed by atoms with van der Waals surface area (Å²) in [5.41, 5.74) is 0.370. The van der Waals surface area contributed by atoms with Crippen LogP contribution in [0.5, 0.6) is 0 Å². The lowest BCUT2D eigenvalue weighted by molar-refractivity contribution is 0.566. The molecule has 25 heavy (non-hydrogen) atoms. The average Bonchev–Trinajstić information content (AvgIpc) is 2.57. The zero-order valence-corrected chi connectivity index (χ0v) is 15.8. The van der Waals surface area contributed by atoms with Crippen molar-refractivity contribution in [2.24, 2.45) is 19.1 Å². The van der Waals surface area contributed by atoms with Crippen molar-refractivity contribution in [2.45, 2.75) is 0 Å². The van der Waals surface area contributed by atoms with Gasteiger partial charge in [0, 0.05) is 40.6 Å². The van der Waals surface area contributed by atoms with Crippen molar-refractivity contribution in [3.05, 3.63) is 66.5 Å². The molecule has 0 aliphatic carbocycles. The lowest BCUT2D eigenvalue weighted by Gasteiger charge is -2.11. The summed E-state index contributed by atoms with van der Waals surface area (Å²) in [4.78, 5) is 30.7. The summed E-state index contributed by atoms with van der Waals surface area (Å²) in [5.74, 6) is 0. The lowest BCUT2D eigenvalue weighted by Crippen LogP contribution is -2.37. The molecule has 0 fully saturated rings. The molecular formula is C17H18Cl2N4O2. The van der Waals surface area contributed by atoms with E-state index in [1.165, 1.54) is 17.8 Å². The molecule has 0 saturated heterocycles. The number of hydrogen-bond acceptors (Lipinski definition) is 4. The van der Waals surface area contributed by atoms with Gasteiger partial charge in [-0.2, -0.15) is 0 Å². The number of aromatic nitrogens is 2. The van der Waals surface area contributed by atoms with E-state index in [2.05, 4.69) is 4.99 Å². The Morgan fingerprint density at radius 1 is 1.08 bits per heavy atom. The highest BCUT2D eigenvalue weighted by Crippen LogP contribution is 2.22. The molecule has 0 spiro atoms. The highest BCUT2D eigenvalue weighted by atomic mass is 35.5. The van der Waals surface area contributed by atoms with Crippen molar-refractivity contribution in [1.29, 1.82) is 0 Å². The summed E-state index contributed by atoms with van der Waals surface area (Å²) < 4.78 is 2.40. The van der Waals surface area contributed by atoms with Crippen LogP contribution >= 0.6 is 23.2 Å². The third-order valence-corrected chi connectivity index (χ3v) is 4.24. The molecule has 0 saturated carbocycles. The van der Waals surface area contributed by atoms with E-state index in [-0.39, 0.29) is 5.69 Å². The molecule has 2 rings (SSSR count). The molecule has 0 amide bonds. The quantitative estimate of drug-likeness (QED) is 0.766. The fourth-order valence-electron chi connectivity index (χ4n) is 2.11. The molecule has 1 heterocycles. The van der Waals surface area contributed by atoms with Gasteiger partial charge in [0.05, 0.1) is 15.7 Å². The molecular weight excluding hydrogens is 363 g/mol. The summed E-state index contributed by atoms with van der Waals surface area (Å²) >= 11 is 11.9. The van der Waals surface area contributed by atoms with E-state index in [0.717, 1.165) is 4.57 Å². The average molecular weight is 381 g/mol. The van der Waals surface area contributed by atoms with Crippen molar-refractivity contribution >= 4 is 41.2 Å². The maximum Gasteiger partial charge on any atom is 0.331 e. The molecule has 0 bridgehead atoms. The first-order chi connectivity index (χ1) is 11.7. The van der Waals surface area contributed by atoms with Gasteiger partial charge in [-0.15, -0.1) is 0 Å². The van der Waals surface area contributed by atoms with Crippen LogP contribution in [0.25, 0.3) is 6.08 Å². The summed E-state index contributed by atoms with van der Waals surface area (Å²) in [6.07, 6.45) is 4.92. The smallest absolute Gasteiger partial charge is 0.331 e. The minimum absolute atomic E-state index is 0.161. The first-order valence-corrected chi connectivity index (χ1v) is 8.11. The molecule has 8 heteroatoms. The second-order valence-corrected chi connectivity index (χ2v) is 6.47. The first kappa shape index (κ1) is 19.0. The van der Waals surface area contributed by atoms with E-state index in [4.69, 9.17) is 23.2 Å². The van der Waals surface area contributed by atoms with Gasteiger partial charge in [0.15, 0.2) is 5.69 Å². The maximum atomic E-state index is 12.5. The highest BCUT2D eigenvalue weighted by molar-refractivity contribution is 6.42. The third kappa shape index (κ3) is 4.21. The predicted octanol–water partition coefficient (Wildman–Crippen LogP) is 2.67. The van der Waals surface area contributed by atoms with E-state index >= 15 is 0 Å². The number of rotatable bonds is 4. The van der Waals surface area contributed by atoms with Crippen LogP contribution in [0, 0.1) is 0 Å². The largest absolute Gasteiger partial charge is 0.383 e. The van der Waals surface area contributed by atoms with Crippen LogP contribution in [-0.4, -0.2) is 34.3 Å². The van der Waals surface area contributed by atoms with Gasteiger partial charge in [-0.25, -0.2) is 9.79 Å². The number of aliphatic imine (C=N–C) groups is 1. The van der Waals surface area contributed by atoms with Gasteiger partial charge in [-0.3, -0.25) is 13.9 Å². The molecule has 2 aromatic rings. The minimum atomic E-state index is -0.474. The zero-order chi connectivity index (χ0) is 18.7. The van der Waals surface area contributed by atoms with Crippen LogP contribution in [0.1, 0.15) is 11.3 Å². The van der Waals surface area contributed by atoms with Gasteiger partial charge in [0.2, 0.25) is 0 Å². The third-order valence-electron chi connectivity index (χ3n) is 3.50. The molecule has 0 aliphatic rings. The summed E-state index contributed by atoms with van der Waals surface area (Å²) in [6.45, 7) is 0. The van der Waals surface area contributed by atoms with Crippen LogP contribution in [0.2, 0.25) is 10.0 Å². The van der Waals surface area contributed by atoms with E-state index in [0.29, 0.717) is 21.3 Å². The van der Waals surface area contributed by atoms with Gasteiger partial charge in [0.25, 0.3) is 5.56 Å². The molecule has 0 unspecified atom stereocenters. The van der Waals surface area contributed by atoms with Gasteiger partial charge < -0.3 is 4.90 Å². The van der Waals surface area contributed by atoms with Crippen LogP contribution in [-0.2, 0) is 14.1 Å². The predicted molar refractivity (Wildman–Crippen MR) is 103 cm³/mol. The molecule has 1 aromatic heterocycles. The number of halogens is 2. The Bertz CT molecular complexity index is 972. The summed E-state index contributed by atoms with van der Waals surface area (Å²) in [5, 5.41) is 0.832. The molecule has 0 radical (unpaired) electrons. The van der Waals surface area contributed by atoms with Crippen molar-refractivity contribution < 1.29 is 0 Å². The van der Waals surface area contributed by atoms with Crippen LogP contribution in [0.3, 0.4) is 0 Å². The topological polar surface area (TPSA) is 59.6 Å². The van der Waals surface area contributed by atoms with E-state index in [9.17, 15) is 9.59 Å². The van der Waals surface area contributed by atoms with Crippen LogP contribution in [0.15, 0.2) is 39.0 Å². The van der Waals surface area contributed by atoms with Crippen molar-refractivity contribution in [3.63, 3.8) is 0 Å². The fraction of sp³-hybridized carbons (Fsp3) is 0.235. The second-order valence-electron chi connectivity index (χ2n) is 5.65. The maximum absolute atomic E-state index is 12.5. The number of nitrogens with zero attached hydrogens (tertiary/aromatic N) is 4. The molecule has 132 valence electrons. The van der Waals surface area contributed by atoms with E-state index in [1.54, 1.807) is 42.4 Å². The summed E-state index contributed by atoms with van der Waals surface area (Å²) in [7, 11) is 6.69. The Hall–Kier alpha value is -2.31. The van der Waals surface area contributed by atoms with Crippen molar-refractivity contribution in [2.75, 3.05) is 14.1 Å². The van der Waals surface area contributed by atoms with Crippen LogP contribution < -0.4 is 11.2 Å².